The largest absolute Gasteiger partial charge is 0.434 e. The van der Waals surface area contributed by atoms with Gasteiger partial charge >= 0.3 is 6.18 Å². The van der Waals surface area contributed by atoms with E-state index in [1.807, 2.05) is 0 Å². The van der Waals surface area contributed by atoms with Gasteiger partial charge in [-0.3, -0.25) is 19.7 Å². The standard InChI is InChI=1S/C15H10F3N5O4S/c16-15(17,18)13-8-22(9-1-3-10(4-2-9)28(19,26)27)14(21-13)11-7-20-6-5-12(11)23(24)25/h1-8H,(H2,19,26,27). The van der Waals surface area contributed by atoms with Crippen LogP contribution in [0.2, 0.25) is 0 Å². The zero-order valence-electron chi connectivity index (χ0n) is 13.7. The van der Waals surface area contributed by atoms with Crippen molar-refractivity contribution in [3.05, 3.63) is 64.7 Å². The molecule has 0 amide bonds. The molecule has 1 aromatic carbocycles. The number of primary sulfonamides is 1. The van der Waals surface area contributed by atoms with E-state index >= 15 is 0 Å². The fraction of sp³-hybridized carbons (Fsp3) is 0.0667. The molecule has 0 unspecified atom stereocenters. The maximum Gasteiger partial charge on any atom is 0.434 e. The molecule has 0 spiro atoms. The highest BCUT2D eigenvalue weighted by Crippen LogP contribution is 2.35. The lowest BCUT2D eigenvalue weighted by Crippen LogP contribution is -2.12. The Morgan fingerprint density at radius 2 is 1.79 bits per heavy atom. The van der Waals surface area contributed by atoms with Gasteiger partial charge in [-0.05, 0) is 24.3 Å². The molecule has 0 saturated carbocycles. The summed E-state index contributed by atoms with van der Waals surface area (Å²) in [5.74, 6) is -0.379. The van der Waals surface area contributed by atoms with Crippen LogP contribution in [-0.2, 0) is 16.2 Å². The molecule has 0 fully saturated rings. The number of sulfonamides is 1. The van der Waals surface area contributed by atoms with Gasteiger partial charge in [0.2, 0.25) is 10.0 Å². The molecular formula is C15H10F3N5O4S. The number of pyridine rings is 1. The zero-order valence-corrected chi connectivity index (χ0v) is 14.5. The van der Waals surface area contributed by atoms with Crippen LogP contribution in [0.25, 0.3) is 17.1 Å². The average molecular weight is 413 g/mol. The van der Waals surface area contributed by atoms with Crippen molar-refractivity contribution >= 4 is 15.7 Å². The topological polar surface area (TPSA) is 134 Å². The van der Waals surface area contributed by atoms with Crippen molar-refractivity contribution in [2.24, 2.45) is 5.14 Å². The van der Waals surface area contributed by atoms with Crippen molar-refractivity contribution in [2.75, 3.05) is 0 Å². The first kappa shape index (κ1) is 19.4. The summed E-state index contributed by atoms with van der Waals surface area (Å²) < 4.78 is 63.2. The minimum absolute atomic E-state index is 0.0866. The summed E-state index contributed by atoms with van der Waals surface area (Å²) in [6.45, 7) is 0. The monoisotopic (exact) mass is 413 g/mol. The number of imidazole rings is 1. The Bertz CT molecular complexity index is 1160. The Kier molecular flexibility index (Phi) is 4.64. The SMILES string of the molecule is NS(=O)(=O)c1ccc(-n2cc(C(F)(F)F)nc2-c2cnccc2[N+](=O)[O-])cc1. The van der Waals surface area contributed by atoms with Crippen molar-refractivity contribution in [2.45, 2.75) is 11.1 Å². The maximum absolute atomic E-state index is 13.2. The second-order valence-electron chi connectivity index (χ2n) is 5.51. The number of benzene rings is 1. The molecule has 3 aromatic rings. The van der Waals surface area contributed by atoms with Crippen molar-refractivity contribution in [3.63, 3.8) is 0 Å². The fourth-order valence-corrected chi connectivity index (χ4v) is 2.93. The molecule has 0 aliphatic heterocycles. The summed E-state index contributed by atoms with van der Waals surface area (Å²) in [6.07, 6.45) is -2.01. The van der Waals surface area contributed by atoms with Crippen LogP contribution >= 0.6 is 0 Å². The Balaban J connectivity index is 2.25. The average Bonchev–Trinajstić information content (AvgIpc) is 3.06. The smallest absolute Gasteiger partial charge is 0.299 e. The van der Waals surface area contributed by atoms with Crippen molar-refractivity contribution in [1.29, 1.82) is 0 Å². The highest BCUT2D eigenvalue weighted by atomic mass is 32.2. The number of hydrogen-bond acceptors (Lipinski definition) is 6. The molecule has 13 heteroatoms. The molecule has 0 aliphatic carbocycles. The van der Waals surface area contributed by atoms with Gasteiger partial charge in [-0.15, -0.1) is 0 Å². The third-order valence-electron chi connectivity index (χ3n) is 3.68. The van der Waals surface area contributed by atoms with Crippen molar-refractivity contribution < 1.29 is 26.5 Å². The first-order valence-electron chi connectivity index (χ1n) is 7.37. The van der Waals surface area contributed by atoms with Crippen molar-refractivity contribution in [3.8, 4) is 17.1 Å². The number of hydrogen-bond donors (Lipinski definition) is 1. The van der Waals surface area contributed by atoms with Gasteiger partial charge < -0.3 is 0 Å². The minimum Gasteiger partial charge on any atom is -0.299 e. The van der Waals surface area contributed by atoms with E-state index < -0.39 is 32.5 Å². The second kappa shape index (κ2) is 6.69. The van der Waals surface area contributed by atoms with E-state index in [9.17, 15) is 31.7 Å². The predicted molar refractivity (Wildman–Crippen MR) is 89.8 cm³/mol. The molecule has 2 N–H and O–H groups in total. The van der Waals surface area contributed by atoms with Crippen molar-refractivity contribution in [1.82, 2.24) is 14.5 Å². The van der Waals surface area contributed by atoms with Crippen LogP contribution in [-0.4, -0.2) is 27.9 Å². The summed E-state index contributed by atoms with van der Waals surface area (Å²) in [6, 6.07) is 5.63. The summed E-state index contributed by atoms with van der Waals surface area (Å²) in [5, 5.41) is 16.2. The summed E-state index contributed by atoms with van der Waals surface area (Å²) >= 11 is 0. The van der Waals surface area contributed by atoms with Crippen LogP contribution in [0, 0.1) is 10.1 Å². The number of nitrogens with zero attached hydrogens (tertiary/aromatic N) is 4. The molecule has 28 heavy (non-hydrogen) atoms. The highest BCUT2D eigenvalue weighted by Gasteiger charge is 2.36. The first-order chi connectivity index (χ1) is 13.0. The van der Waals surface area contributed by atoms with E-state index in [1.165, 1.54) is 12.1 Å². The molecule has 0 radical (unpaired) electrons. The molecule has 2 aromatic heterocycles. The van der Waals surface area contributed by atoms with Crippen LogP contribution in [0.4, 0.5) is 18.9 Å². The number of aromatic nitrogens is 3. The molecule has 0 saturated heterocycles. The predicted octanol–water partition coefficient (Wildman–Crippen LogP) is 2.51. The van der Waals surface area contributed by atoms with E-state index in [4.69, 9.17) is 5.14 Å². The second-order valence-corrected chi connectivity index (χ2v) is 7.07. The van der Waals surface area contributed by atoms with Gasteiger partial charge in [-0.25, -0.2) is 18.5 Å². The van der Waals surface area contributed by atoms with Gasteiger partial charge in [-0.2, -0.15) is 13.2 Å². The van der Waals surface area contributed by atoms with Crippen LogP contribution < -0.4 is 5.14 Å². The Hall–Kier alpha value is -3.32. The lowest BCUT2D eigenvalue weighted by Gasteiger charge is -2.08. The minimum atomic E-state index is -4.81. The molecule has 0 aliphatic rings. The summed E-state index contributed by atoms with van der Waals surface area (Å²) in [4.78, 5) is 17.4. The number of halogens is 3. The Labute approximate surface area is 155 Å². The number of alkyl halides is 3. The zero-order chi connectivity index (χ0) is 20.7. The highest BCUT2D eigenvalue weighted by molar-refractivity contribution is 7.89. The molecule has 9 nitrogen and oxygen atoms in total. The molecule has 2 heterocycles. The van der Waals surface area contributed by atoms with Gasteiger partial charge in [0.25, 0.3) is 5.69 Å². The molecule has 0 atom stereocenters. The maximum atomic E-state index is 13.2. The molecular weight excluding hydrogens is 403 g/mol. The molecule has 3 rings (SSSR count). The summed E-state index contributed by atoms with van der Waals surface area (Å²) in [7, 11) is -4.00. The van der Waals surface area contributed by atoms with Crippen LogP contribution in [0.5, 0.6) is 0 Å². The van der Waals surface area contributed by atoms with E-state index in [0.29, 0.717) is 6.20 Å². The van der Waals surface area contributed by atoms with Gasteiger partial charge in [0.15, 0.2) is 11.5 Å². The van der Waals surface area contributed by atoms with Gasteiger partial charge in [0.05, 0.1) is 9.82 Å². The number of rotatable bonds is 4. The van der Waals surface area contributed by atoms with E-state index in [2.05, 4.69) is 9.97 Å². The van der Waals surface area contributed by atoms with Gasteiger partial charge in [0, 0.05) is 30.3 Å². The lowest BCUT2D eigenvalue weighted by atomic mass is 10.2. The van der Waals surface area contributed by atoms with E-state index in [1.54, 1.807) is 0 Å². The first-order valence-corrected chi connectivity index (χ1v) is 8.91. The number of nitrogens with two attached hydrogens (primary N) is 1. The quantitative estimate of drug-likeness (QED) is 0.516. The van der Waals surface area contributed by atoms with Gasteiger partial charge in [0.1, 0.15) is 5.56 Å². The number of nitro groups is 1. The van der Waals surface area contributed by atoms with E-state index in [-0.39, 0.29) is 22.0 Å². The molecule has 146 valence electrons. The summed E-state index contributed by atoms with van der Waals surface area (Å²) in [5.41, 5.74) is -1.92. The van der Waals surface area contributed by atoms with Crippen LogP contribution in [0.3, 0.4) is 0 Å². The van der Waals surface area contributed by atoms with Gasteiger partial charge in [-0.1, -0.05) is 0 Å². The Morgan fingerprint density at radius 1 is 1.14 bits per heavy atom. The van der Waals surface area contributed by atoms with E-state index in [0.717, 1.165) is 35.2 Å². The molecule has 0 bridgehead atoms. The van der Waals surface area contributed by atoms with Crippen LogP contribution in [0.15, 0.2) is 53.8 Å². The fourth-order valence-electron chi connectivity index (χ4n) is 2.42. The third kappa shape index (κ3) is 3.70. The third-order valence-corrected chi connectivity index (χ3v) is 4.60. The Morgan fingerprint density at radius 3 is 2.32 bits per heavy atom. The lowest BCUT2D eigenvalue weighted by molar-refractivity contribution is -0.384. The van der Waals surface area contributed by atoms with Crippen LogP contribution in [0.1, 0.15) is 5.69 Å². The normalized spacial score (nSPS) is 12.1.